The van der Waals surface area contributed by atoms with Crippen molar-refractivity contribution in [2.45, 2.75) is 157 Å². The molecule has 0 atom stereocenters. The van der Waals surface area contributed by atoms with Crippen molar-refractivity contribution < 1.29 is 0 Å². The molecule has 0 aliphatic carbocycles. The largest absolute Gasteiger partial charge is 0.310 e. The van der Waals surface area contributed by atoms with Gasteiger partial charge in [0.2, 0.25) is 0 Å². The molecule has 0 saturated carbocycles. The normalized spacial score (nSPS) is 14.7. The molecule has 0 radical (unpaired) electrons. The highest BCUT2D eigenvalue weighted by Crippen LogP contribution is 2.50. The van der Waals surface area contributed by atoms with Gasteiger partial charge in [-0.15, -0.1) is 0 Å². The summed E-state index contributed by atoms with van der Waals surface area (Å²) >= 11 is 0. The van der Waals surface area contributed by atoms with Gasteiger partial charge in [0.1, 0.15) is 0 Å². The summed E-state index contributed by atoms with van der Waals surface area (Å²) < 4.78 is 8.13. The van der Waals surface area contributed by atoms with Crippen LogP contribution < -0.4 is 16.4 Å². The Morgan fingerprint density at radius 2 is 0.671 bits per heavy atom. The number of benzene rings is 7. The predicted octanol–water partition coefficient (Wildman–Crippen LogP) is 16.0. The zero-order chi connectivity index (χ0) is 49.6. The molecule has 0 saturated heterocycles. The van der Waals surface area contributed by atoms with Crippen molar-refractivity contribution in [2.24, 2.45) is 0 Å². The molecule has 0 bridgehead atoms. The van der Waals surface area contributed by atoms with E-state index in [1.54, 1.807) is 0 Å². The summed E-state index contributed by atoms with van der Waals surface area (Å²) in [5, 5.41) is 10.8. The first-order valence-corrected chi connectivity index (χ1v) is 26.1. The lowest BCUT2D eigenvalue weighted by Gasteiger charge is -2.36. The van der Waals surface area contributed by atoms with Crippen LogP contribution in [0, 0.1) is 0 Å². The topological polar surface area (TPSA) is 14.3 Å². The van der Waals surface area contributed by atoms with E-state index in [9.17, 15) is 0 Å². The van der Waals surface area contributed by atoms with Crippen molar-refractivity contribution in [3.63, 3.8) is 0 Å². The molecule has 0 N–H and O–H groups in total. The third-order valence-electron chi connectivity index (χ3n) is 17.0. The molecule has 0 fully saturated rings. The van der Waals surface area contributed by atoms with Gasteiger partial charge >= 0.3 is 0 Å². The van der Waals surface area contributed by atoms with Gasteiger partial charge in [-0.05, 0) is 149 Å². The summed E-state index contributed by atoms with van der Waals surface area (Å²) in [4.78, 5) is 0. The lowest BCUT2D eigenvalue weighted by Crippen LogP contribution is -2.59. The molecule has 13 rings (SSSR count). The van der Waals surface area contributed by atoms with Gasteiger partial charge in [-0.25, -0.2) is 0 Å². The van der Waals surface area contributed by atoms with E-state index in [1.165, 1.54) is 143 Å². The highest BCUT2D eigenvalue weighted by Gasteiger charge is 2.44. The summed E-state index contributed by atoms with van der Waals surface area (Å²) in [6.07, 6.45) is 0. The standard InChI is InChI=1S/C66H70BN3/c1-61(2,3)35-19-22-50-41(25-35)44-28-38(64(10,11)12)31-47-55-53(68(50)57(44)47)34-54-56-60(55)70-52-24-21-37(63(7,8)9)27-43(52)46-30-40(66(16,17)18)33-49(59(46)70)67(56)48-32-39(65(13,14)15)29-45-42-26-36(62(4,5)6)20-23-51(42)69(54)58(45)48/h19-34H,1-18H3. The van der Waals surface area contributed by atoms with Gasteiger partial charge in [-0.1, -0.05) is 155 Å². The van der Waals surface area contributed by atoms with Crippen LogP contribution >= 0.6 is 0 Å². The maximum Gasteiger partial charge on any atom is 0.252 e. The summed E-state index contributed by atoms with van der Waals surface area (Å²) in [5.74, 6) is 0. The second-order valence-electron chi connectivity index (χ2n) is 28.0. The quantitative estimate of drug-likeness (QED) is 0.135. The van der Waals surface area contributed by atoms with Gasteiger partial charge in [0.25, 0.3) is 6.71 Å². The van der Waals surface area contributed by atoms with Crippen molar-refractivity contribution in [2.75, 3.05) is 0 Å². The Morgan fingerprint density at radius 1 is 0.314 bits per heavy atom. The zero-order valence-corrected chi connectivity index (χ0v) is 45.2. The van der Waals surface area contributed by atoms with E-state index in [4.69, 9.17) is 0 Å². The van der Waals surface area contributed by atoms with Crippen molar-refractivity contribution in [1.29, 1.82) is 0 Å². The molecule has 70 heavy (non-hydrogen) atoms. The zero-order valence-electron chi connectivity index (χ0n) is 45.2. The van der Waals surface area contributed by atoms with Gasteiger partial charge in [-0.2, -0.15) is 0 Å². The molecule has 0 spiro atoms. The molecule has 4 heteroatoms. The van der Waals surface area contributed by atoms with Gasteiger partial charge < -0.3 is 13.5 Å². The van der Waals surface area contributed by atoms with Crippen LogP contribution in [-0.4, -0.2) is 20.2 Å². The van der Waals surface area contributed by atoms with Crippen LogP contribution in [0.2, 0.25) is 0 Å². The van der Waals surface area contributed by atoms with Crippen molar-refractivity contribution in [3.05, 3.63) is 130 Å². The van der Waals surface area contributed by atoms with Crippen LogP contribution in [-0.2, 0) is 32.5 Å². The third kappa shape index (κ3) is 5.71. The summed E-state index contributed by atoms with van der Waals surface area (Å²) in [5.41, 5.74) is 24.2. The molecular weight excluding hydrogens is 846 g/mol. The minimum absolute atomic E-state index is 0.00205. The lowest BCUT2D eigenvalue weighted by atomic mass is 9.33. The Morgan fingerprint density at radius 3 is 1.13 bits per heavy atom. The smallest absolute Gasteiger partial charge is 0.252 e. The van der Waals surface area contributed by atoms with Crippen LogP contribution in [0.5, 0.6) is 0 Å². The second-order valence-corrected chi connectivity index (χ2v) is 28.0. The first-order chi connectivity index (χ1) is 32.5. The Balaban J connectivity index is 1.34. The highest BCUT2D eigenvalue weighted by molar-refractivity contribution is 7.00. The molecule has 6 heterocycles. The third-order valence-corrected chi connectivity index (χ3v) is 17.0. The number of rotatable bonds is 0. The molecular formula is C66H70BN3. The number of aromatic nitrogens is 3. The van der Waals surface area contributed by atoms with Crippen LogP contribution in [0.4, 0.5) is 0 Å². The Labute approximate surface area is 415 Å². The van der Waals surface area contributed by atoms with E-state index in [1.807, 2.05) is 0 Å². The van der Waals surface area contributed by atoms with Crippen LogP contribution in [0.15, 0.2) is 97.1 Å². The molecule has 11 aromatic rings. The van der Waals surface area contributed by atoms with E-state index < -0.39 is 0 Å². The molecule has 0 unspecified atom stereocenters. The van der Waals surface area contributed by atoms with E-state index in [0.717, 1.165) is 0 Å². The number of hydrogen-bond acceptors (Lipinski definition) is 0. The monoisotopic (exact) mass is 916 g/mol. The van der Waals surface area contributed by atoms with E-state index in [0.29, 0.717) is 0 Å². The van der Waals surface area contributed by atoms with Crippen molar-refractivity contribution >= 4 is 105 Å². The molecule has 2 aliphatic rings. The van der Waals surface area contributed by atoms with Crippen LogP contribution in [0.1, 0.15) is 158 Å². The maximum absolute atomic E-state index is 2.76. The Hall–Kier alpha value is -6.00. The van der Waals surface area contributed by atoms with E-state index >= 15 is 0 Å². The minimum Gasteiger partial charge on any atom is -0.310 e. The maximum atomic E-state index is 2.76. The molecule has 7 aromatic carbocycles. The Bertz CT molecular complexity index is 4150. The summed E-state index contributed by atoms with van der Waals surface area (Å²) in [6, 6.07) is 40.2. The van der Waals surface area contributed by atoms with Crippen LogP contribution in [0.3, 0.4) is 0 Å². The fraction of sp³-hybridized carbons (Fsp3) is 0.364. The molecule has 352 valence electrons. The molecule has 3 nitrogen and oxygen atoms in total. The SMILES string of the molecule is CC(C)(C)c1ccc2c(c1)c1cc(C(C)(C)C)cc3c1n2-c1cc2c(c4c1B3c1cc(C(C)(C)C)cc3c5cc(C(C)(C)C)ccc5n-4c13)c1cc(C(C)(C)C)cc3c4cc(C(C)(C)C)ccc4n2c31. The van der Waals surface area contributed by atoms with Gasteiger partial charge in [0.15, 0.2) is 0 Å². The Kier molecular flexibility index (Phi) is 8.23. The number of fused-ring (bicyclic) bond motifs is 17. The number of nitrogens with zero attached hydrogens (tertiary/aromatic N) is 3. The number of hydrogen-bond donors (Lipinski definition) is 0. The first-order valence-electron chi connectivity index (χ1n) is 26.1. The lowest BCUT2D eigenvalue weighted by molar-refractivity contribution is 0.590. The van der Waals surface area contributed by atoms with E-state index in [2.05, 4.69) is 235 Å². The van der Waals surface area contributed by atoms with Gasteiger partial charge in [0.05, 0.1) is 33.3 Å². The molecule has 4 aromatic heterocycles. The fourth-order valence-electron chi connectivity index (χ4n) is 12.8. The highest BCUT2D eigenvalue weighted by atomic mass is 15.1. The van der Waals surface area contributed by atoms with E-state index in [-0.39, 0.29) is 39.2 Å². The van der Waals surface area contributed by atoms with Gasteiger partial charge in [0, 0.05) is 59.8 Å². The summed E-state index contributed by atoms with van der Waals surface area (Å²) in [6.45, 7) is 42.7. The second kappa shape index (κ2) is 13.1. The molecule has 0 amide bonds. The average molecular weight is 916 g/mol. The van der Waals surface area contributed by atoms with Crippen molar-refractivity contribution in [3.8, 4) is 11.4 Å². The fourth-order valence-corrected chi connectivity index (χ4v) is 12.8. The first kappa shape index (κ1) is 44.0. The summed E-state index contributed by atoms with van der Waals surface area (Å²) in [7, 11) is 0. The van der Waals surface area contributed by atoms with Crippen molar-refractivity contribution in [1.82, 2.24) is 13.5 Å². The molecule has 2 aliphatic heterocycles. The average Bonchev–Trinajstić information content (AvgIpc) is 3.98. The van der Waals surface area contributed by atoms with Gasteiger partial charge in [-0.3, -0.25) is 0 Å². The van der Waals surface area contributed by atoms with Crippen LogP contribution in [0.25, 0.3) is 93.1 Å². The minimum atomic E-state index is -0.0618. The predicted molar refractivity (Wildman–Crippen MR) is 307 cm³/mol.